The Bertz CT molecular complexity index is 829. The van der Waals surface area contributed by atoms with Crippen LogP contribution in [0.3, 0.4) is 0 Å². The van der Waals surface area contributed by atoms with Gasteiger partial charge in [-0.2, -0.15) is 0 Å². The highest BCUT2D eigenvalue weighted by atomic mass is 19.1. The van der Waals surface area contributed by atoms with E-state index in [0.717, 1.165) is 5.56 Å². The monoisotopic (exact) mass is 393 g/mol. The Morgan fingerprint density at radius 2 is 1.57 bits per heavy atom. The fourth-order valence-corrected chi connectivity index (χ4v) is 2.47. The Hall–Kier alpha value is -3.03. The topological polar surface area (TPSA) is 70.2 Å². The Labute approximate surface area is 161 Å². The predicted molar refractivity (Wildman–Crippen MR) is 100 cm³/mol. The molecule has 2 rings (SSSR count). The maximum absolute atomic E-state index is 13.9. The molecule has 28 heavy (non-hydrogen) atoms. The summed E-state index contributed by atoms with van der Waals surface area (Å²) in [7, 11) is 0. The van der Waals surface area contributed by atoms with E-state index in [9.17, 15) is 22.8 Å². The predicted octanol–water partition coefficient (Wildman–Crippen LogP) is 3.75. The van der Waals surface area contributed by atoms with E-state index in [4.69, 9.17) is 0 Å². The molecule has 2 aromatic rings. The zero-order chi connectivity index (χ0) is 20.9. The molecule has 0 radical (unpaired) electrons. The molecule has 0 heterocycles. The zero-order valence-electron chi connectivity index (χ0n) is 15.8. The highest BCUT2D eigenvalue weighted by Gasteiger charge is 2.25. The van der Waals surface area contributed by atoms with Gasteiger partial charge >= 0.3 is 6.03 Å². The number of benzene rings is 2. The number of urea groups is 1. The largest absolute Gasteiger partial charge is 0.334 e. The first-order valence-electron chi connectivity index (χ1n) is 8.63. The van der Waals surface area contributed by atoms with Crippen LogP contribution in [-0.2, 0) is 11.2 Å². The summed E-state index contributed by atoms with van der Waals surface area (Å²) in [5.41, 5.74) is -0.589. The molecule has 3 amide bonds. The molecule has 0 aliphatic rings. The van der Waals surface area contributed by atoms with Crippen LogP contribution in [-0.4, -0.2) is 23.5 Å². The van der Waals surface area contributed by atoms with Gasteiger partial charge in [0.1, 0.15) is 17.5 Å². The molecule has 5 nitrogen and oxygen atoms in total. The highest BCUT2D eigenvalue weighted by molar-refractivity contribution is 5.97. The fraction of sp³-hybridized carbons (Fsp3) is 0.300. The van der Waals surface area contributed by atoms with Gasteiger partial charge in [-0.15, -0.1) is 0 Å². The van der Waals surface area contributed by atoms with E-state index in [0.29, 0.717) is 12.1 Å². The van der Waals surface area contributed by atoms with Crippen molar-refractivity contribution < 1.29 is 22.8 Å². The third-order valence-corrected chi connectivity index (χ3v) is 3.65. The van der Waals surface area contributed by atoms with Gasteiger partial charge in [0.25, 0.3) is 0 Å². The number of rotatable bonds is 5. The smallest absolute Gasteiger partial charge is 0.315 e. The summed E-state index contributed by atoms with van der Waals surface area (Å²) in [5, 5.41) is 7.26. The van der Waals surface area contributed by atoms with Crippen LogP contribution in [0.1, 0.15) is 26.3 Å². The first kappa shape index (κ1) is 21.3. The second-order valence-electron chi connectivity index (χ2n) is 7.32. The van der Waals surface area contributed by atoms with Crippen molar-refractivity contribution in [1.29, 1.82) is 0 Å². The summed E-state index contributed by atoms with van der Waals surface area (Å²) in [5.74, 6) is -4.43. The van der Waals surface area contributed by atoms with Crippen LogP contribution in [0, 0.1) is 17.5 Å². The van der Waals surface area contributed by atoms with Crippen LogP contribution in [0.15, 0.2) is 42.5 Å². The van der Waals surface area contributed by atoms with E-state index in [-0.39, 0.29) is 6.42 Å². The molecule has 0 bridgehead atoms. The molecule has 2 aromatic carbocycles. The molecule has 0 fully saturated rings. The summed E-state index contributed by atoms with van der Waals surface area (Å²) in [6, 6.07) is 8.03. The van der Waals surface area contributed by atoms with Crippen LogP contribution < -0.4 is 16.0 Å². The van der Waals surface area contributed by atoms with Gasteiger partial charge < -0.3 is 16.0 Å². The number of carbonyl (C=O) groups is 2. The first-order valence-corrected chi connectivity index (χ1v) is 8.63. The standard InChI is InChI=1S/C20H22F3N3O2/c1-20(2,3)26-19(28)24-16(9-12-7-5-4-6-8-12)18(27)25-17-14(22)10-13(21)11-15(17)23/h4-8,10-11,16H,9H2,1-3H3,(H,25,27)(H2,24,26,28)/t16-/m0/s1. The molecule has 0 saturated heterocycles. The van der Waals surface area contributed by atoms with Gasteiger partial charge in [0, 0.05) is 24.1 Å². The van der Waals surface area contributed by atoms with Crippen LogP contribution >= 0.6 is 0 Å². The SMILES string of the molecule is CC(C)(C)NC(=O)N[C@@H](Cc1ccccc1)C(=O)Nc1c(F)cc(F)cc1F. The Morgan fingerprint density at radius 3 is 2.11 bits per heavy atom. The zero-order valence-corrected chi connectivity index (χ0v) is 15.8. The molecule has 0 aromatic heterocycles. The molecular weight excluding hydrogens is 371 g/mol. The average Bonchev–Trinajstić information content (AvgIpc) is 2.56. The van der Waals surface area contributed by atoms with Crippen molar-refractivity contribution in [3.8, 4) is 0 Å². The second-order valence-corrected chi connectivity index (χ2v) is 7.32. The van der Waals surface area contributed by atoms with E-state index in [1.165, 1.54) is 0 Å². The molecule has 0 aliphatic carbocycles. The summed E-state index contributed by atoms with van der Waals surface area (Å²) in [6.45, 7) is 5.30. The van der Waals surface area contributed by atoms with Crippen molar-refractivity contribution in [2.24, 2.45) is 0 Å². The van der Waals surface area contributed by atoms with Crippen LogP contribution in [0.2, 0.25) is 0 Å². The lowest BCUT2D eigenvalue weighted by molar-refractivity contribution is -0.118. The number of hydrogen-bond acceptors (Lipinski definition) is 2. The number of amides is 3. The third-order valence-electron chi connectivity index (χ3n) is 3.65. The summed E-state index contributed by atoms with van der Waals surface area (Å²) in [6.07, 6.45) is 0.0919. The summed E-state index contributed by atoms with van der Waals surface area (Å²) >= 11 is 0. The number of hydrogen-bond donors (Lipinski definition) is 3. The quantitative estimate of drug-likeness (QED) is 0.724. The van der Waals surface area contributed by atoms with Crippen molar-refractivity contribution in [2.75, 3.05) is 5.32 Å². The number of halogens is 3. The van der Waals surface area contributed by atoms with Gasteiger partial charge in [-0.3, -0.25) is 4.79 Å². The Balaban J connectivity index is 2.22. The van der Waals surface area contributed by atoms with Crippen molar-refractivity contribution in [3.63, 3.8) is 0 Å². The molecule has 0 saturated carbocycles. The highest BCUT2D eigenvalue weighted by Crippen LogP contribution is 2.20. The minimum atomic E-state index is -1.25. The fourth-order valence-electron chi connectivity index (χ4n) is 2.47. The van der Waals surface area contributed by atoms with E-state index >= 15 is 0 Å². The van der Waals surface area contributed by atoms with Gasteiger partial charge in [0.15, 0.2) is 11.6 Å². The van der Waals surface area contributed by atoms with Crippen molar-refractivity contribution in [2.45, 2.75) is 38.8 Å². The molecular formula is C20H22F3N3O2. The van der Waals surface area contributed by atoms with Gasteiger partial charge in [0.05, 0.1) is 0 Å². The first-order chi connectivity index (χ1) is 13.0. The molecule has 0 unspecified atom stereocenters. The van der Waals surface area contributed by atoms with E-state index in [1.807, 2.05) is 0 Å². The number of nitrogens with one attached hydrogen (secondary N) is 3. The van der Waals surface area contributed by atoms with Gasteiger partial charge in [-0.1, -0.05) is 30.3 Å². The molecule has 150 valence electrons. The van der Waals surface area contributed by atoms with Crippen molar-refractivity contribution >= 4 is 17.6 Å². The Morgan fingerprint density at radius 1 is 1.00 bits per heavy atom. The van der Waals surface area contributed by atoms with E-state index in [2.05, 4.69) is 16.0 Å². The lowest BCUT2D eigenvalue weighted by Gasteiger charge is -2.24. The van der Waals surface area contributed by atoms with Gasteiger partial charge in [-0.05, 0) is 26.3 Å². The molecule has 0 aliphatic heterocycles. The summed E-state index contributed by atoms with van der Waals surface area (Å²) < 4.78 is 40.8. The maximum Gasteiger partial charge on any atom is 0.315 e. The maximum atomic E-state index is 13.9. The average molecular weight is 393 g/mol. The Kier molecular flexibility index (Phi) is 6.66. The number of anilines is 1. The molecule has 0 spiro atoms. The van der Waals surface area contributed by atoms with Crippen molar-refractivity contribution in [1.82, 2.24) is 10.6 Å². The minimum absolute atomic E-state index is 0.0919. The van der Waals surface area contributed by atoms with Crippen molar-refractivity contribution in [3.05, 3.63) is 65.5 Å². The second kappa shape index (κ2) is 8.77. The van der Waals surface area contributed by atoms with E-state index in [1.54, 1.807) is 51.1 Å². The molecule has 8 heteroatoms. The summed E-state index contributed by atoms with van der Waals surface area (Å²) in [4.78, 5) is 24.8. The lowest BCUT2D eigenvalue weighted by Crippen LogP contribution is -2.53. The third kappa shape index (κ3) is 6.29. The minimum Gasteiger partial charge on any atom is -0.334 e. The van der Waals surface area contributed by atoms with Crippen LogP contribution in [0.25, 0.3) is 0 Å². The lowest BCUT2D eigenvalue weighted by atomic mass is 10.0. The molecule has 3 N–H and O–H groups in total. The van der Waals surface area contributed by atoms with E-state index < -0.39 is 46.7 Å². The normalized spacial score (nSPS) is 12.2. The van der Waals surface area contributed by atoms with Crippen LogP contribution in [0.4, 0.5) is 23.7 Å². The number of carbonyl (C=O) groups excluding carboxylic acids is 2. The van der Waals surface area contributed by atoms with Gasteiger partial charge in [-0.25, -0.2) is 18.0 Å². The molecule has 1 atom stereocenters. The van der Waals surface area contributed by atoms with Gasteiger partial charge in [0.2, 0.25) is 5.91 Å². The van der Waals surface area contributed by atoms with Crippen LogP contribution in [0.5, 0.6) is 0 Å².